The van der Waals surface area contributed by atoms with Crippen LogP contribution >= 0.6 is 0 Å². The van der Waals surface area contributed by atoms with Crippen LogP contribution in [0.3, 0.4) is 0 Å². The van der Waals surface area contributed by atoms with Crippen molar-refractivity contribution < 1.29 is 4.52 Å². The molecule has 0 aliphatic carbocycles. The molecule has 94 valence electrons. The minimum Gasteiger partial charge on any atom is -0.324 e. The molecule has 4 heteroatoms. The molecule has 0 N–H and O–H groups in total. The minimum absolute atomic E-state index is 0.653. The van der Waals surface area contributed by atoms with E-state index in [1.165, 1.54) is 12.8 Å². The second-order valence-electron chi connectivity index (χ2n) is 4.94. The van der Waals surface area contributed by atoms with Gasteiger partial charge in [0.25, 0.3) is 0 Å². The highest BCUT2D eigenvalue weighted by molar-refractivity contribution is 5.55. The lowest BCUT2D eigenvalue weighted by molar-refractivity contribution is 0.377. The lowest BCUT2D eigenvalue weighted by Gasteiger charge is -2.28. The fraction of sp³-hybridized carbons (Fsp3) is 0.429. The van der Waals surface area contributed by atoms with Crippen molar-refractivity contribution >= 4 is 6.01 Å². The average molecular weight is 243 g/mol. The van der Waals surface area contributed by atoms with Gasteiger partial charge in [-0.25, -0.2) is 0 Å². The van der Waals surface area contributed by atoms with Gasteiger partial charge in [-0.05, 0) is 18.8 Å². The number of nitrogens with zero attached hydrogens (tertiary/aromatic N) is 3. The summed E-state index contributed by atoms with van der Waals surface area (Å²) in [7, 11) is 0. The van der Waals surface area contributed by atoms with Crippen LogP contribution in [0.5, 0.6) is 0 Å². The molecule has 0 bridgehead atoms. The summed E-state index contributed by atoms with van der Waals surface area (Å²) in [5.41, 5.74) is 0.998. The summed E-state index contributed by atoms with van der Waals surface area (Å²) in [5, 5.41) is 4.05. The largest absolute Gasteiger partial charge is 0.324 e. The Morgan fingerprint density at radius 1 is 1.17 bits per heavy atom. The number of benzene rings is 1. The van der Waals surface area contributed by atoms with Gasteiger partial charge in [0, 0.05) is 18.7 Å². The van der Waals surface area contributed by atoms with Crippen molar-refractivity contribution in [3.05, 3.63) is 30.3 Å². The highest BCUT2D eigenvalue weighted by atomic mass is 16.5. The van der Waals surface area contributed by atoms with E-state index in [0.29, 0.717) is 11.8 Å². The zero-order valence-electron chi connectivity index (χ0n) is 10.5. The van der Waals surface area contributed by atoms with Crippen molar-refractivity contribution in [1.29, 1.82) is 0 Å². The number of aromatic nitrogens is 2. The Labute approximate surface area is 107 Å². The third-order valence-electron chi connectivity index (χ3n) is 3.50. The highest BCUT2D eigenvalue weighted by Gasteiger charge is 2.20. The standard InChI is InChI=1S/C14H17N3O/c1-11-7-9-17(10-8-11)14-15-13(16-18-14)12-5-3-2-4-6-12/h2-6,11H,7-10H2,1H3. The zero-order chi connectivity index (χ0) is 12.4. The molecule has 2 aromatic rings. The zero-order valence-corrected chi connectivity index (χ0v) is 10.5. The predicted molar refractivity (Wildman–Crippen MR) is 70.3 cm³/mol. The molecule has 3 rings (SSSR count). The van der Waals surface area contributed by atoms with Crippen LogP contribution in [0.1, 0.15) is 19.8 Å². The van der Waals surface area contributed by atoms with Crippen molar-refractivity contribution in [1.82, 2.24) is 10.1 Å². The van der Waals surface area contributed by atoms with Gasteiger partial charge < -0.3 is 9.42 Å². The topological polar surface area (TPSA) is 42.2 Å². The van der Waals surface area contributed by atoms with Crippen LogP contribution in [0, 0.1) is 5.92 Å². The number of rotatable bonds is 2. The van der Waals surface area contributed by atoms with Crippen molar-refractivity contribution in [3.8, 4) is 11.4 Å². The van der Waals surface area contributed by atoms with E-state index in [-0.39, 0.29) is 0 Å². The molecule has 1 fully saturated rings. The van der Waals surface area contributed by atoms with Crippen LogP contribution < -0.4 is 4.90 Å². The molecule has 1 aromatic carbocycles. The molecule has 18 heavy (non-hydrogen) atoms. The van der Waals surface area contributed by atoms with Crippen LogP contribution in [-0.4, -0.2) is 23.2 Å². The summed E-state index contributed by atoms with van der Waals surface area (Å²) in [6, 6.07) is 10.6. The molecule has 0 spiro atoms. The maximum absolute atomic E-state index is 5.36. The van der Waals surface area contributed by atoms with Crippen LogP contribution in [0.2, 0.25) is 0 Å². The number of anilines is 1. The van der Waals surface area contributed by atoms with Crippen molar-refractivity contribution in [2.24, 2.45) is 5.92 Å². The van der Waals surface area contributed by atoms with E-state index in [4.69, 9.17) is 4.52 Å². The lowest BCUT2D eigenvalue weighted by Crippen LogP contribution is -2.32. The Morgan fingerprint density at radius 2 is 1.89 bits per heavy atom. The van der Waals surface area contributed by atoms with Gasteiger partial charge in [0.2, 0.25) is 5.82 Å². The molecule has 4 nitrogen and oxygen atoms in total. The number of hydrogen-bond acceptors (Lipinski definition) is 4. The summed E-state index contributed by atoms with van der Waals surface area (Å²) >= 11 is 0. The van der Waals surface area contributed by atoms with Crippen molar-refractivity contribution in [2.45, 2.75) is 19.8 Å². The van der Waals surface area contributed by atoms with Crippen LogP contribution in [0.4, 0.5) is 6.01 Å². The Balaban J connectivity index is 1.78. The average Bonchev–Trinajstić information content (AvgIpc) is 2.90. The SMILES string of the molecule is CC1CCN(c2nc(-c3ccccc3)no2)CC1. The van der Waals surface area contributed by atoms with Crippen molar-refractivity contribution in [2.75, 3.05) is 18.0 Å². The summed E-state index contributed by atoms with van der Waals surface area (Å²) in [5.74, 6) is 1.47. The first kappa shape index (κ1) is 11.3. The van der Waals surface area contributed by atoms with E-state index < -0.39 is 0 Å². The van der Waals surface area contributed by atoms with Gasteiger partial charge in [0.05, 0.1) is 0 Å². The quantitative estimate of drug-likeness (QED) is 0.813. The van der Waals surface area contributed by atoms with E-state index in [1.54, 1.807) is 0 Å². The minimum atomic E-state index is 0.653. The summed E-state index contributed by atoms with van der Waals surface area (Å²) in [6.07, 6.45) is 2.39. The molecule has 0 amide bonds. The molecule has 0 unspecified atom stereocenters. The van der Waals surface area contributed by atoms with Gasteiger partial charge in [0.1, 0.15) is 0 Å². The normalized spacial score (nSPS) is 17.1. The first-order valence-corrected chi connectivity index (χ1v) is 6.47. The van der Waals surface area contributed by atoms with Crippen LogP contribution in [-0.2, 0) is 0 Å². The van der Waals surface area contributed by atoms with E-state index in [2.05, 4.69) is 22.0 Å². The smallest absolute Gasteiger partial charge is 0.324 e. The van der Waals surface area contributed by atoms with Gasteiger partial charge in [-0.3, -0.25) is 0 Å². The maximum atomic E-state index is 5.36. The predicted octanol–water partition coefficient (Wildman–Crippen LogP) is 2.97. The van der Waals surface area contributed by atoms with E-state index in [0.717, 1.165) is 24.6 Å². The third-order valence-corrected chi connectivity index (χ3v) is 3.50. The fourth-order valence-corrected chi connectivity index (χ4v) is 2.25. The van der Waals surface area contributed by atoms with Crippen LogP contribution in [0.25, 0.3) is 11.4 Å². The van der Waals surface area contributed by atoms with E-state index >= 15 is 0 Å². The summed E-state index contributed by atoms with van der Waals surface area (Å²) in [4.78, 5) is 6.66. The molecule has 0 atom stereocenters. The molecule has 1 saturated heterocycles. The molecule has 1 aromatic heterocycles. The Kier molecular flexibility index (Phi) is 3.00. The van der Waals surface area contributed by atoms with E-state index in [9.17, 15) is 0 Å². The monoisotopic (exact) mass is 243 g/mol. The number of piperidine rings is 1. The Hall–Kier alpha value is -1.84. The molecule has 0 radical (unpaired) electrons. The van der Waals surface area contributed by atoms with Crippen LogP contribution in [0.15, 0.2) is 34.9 Å². The Morgan fingerprint density at radius 3 is 2.61 bits per heavy atom. The van der Waals surface area contributed by atoms with Gasteiger partial charge in [-0.15, -0.1) is 0 Å². The summed E-state index contributed by atoms with van der Waals surface area (Å²) in [6.45, 7) is 4.32. The van der Waals surface area contributed by atoms with Crippen molar-refractivity contribution in [3.63, 3.8) is 0 Å². The van der Waals surface area contributed by atoms with Gasteiger partial charge >= 0.3 is 6.01 Å². The molecule has 2 heterocycles. The highest BCUT2D eigenvalue weighted by Crippen LogP contribution is 2.24. The third kappa shape index (κ3) is 2.23. The fourth-order valence-electron chi connectivity index (χ4n) is 2.25. The van der Waals surface area contributed by atoms with Gasteiger partial charge in [0.15, 0.2) is 0 Å². The first-order chi connectivity index (χ1) is 8.83. The first-order valence-electron chi connectivity index (χ1n) is 6.47. The molecular weight excluding hydrogens is 226 g/mol. The second kappa shape index (κ2) is 4.80. The molecule has 0 saturated carbocycles. The second-order valence-corrected chi connectivity index (χ2v) is 4.94. The molecule has 1 aliphatic rings. The lowest BCUT2D eigenvalue weighted by atomic mass is 10.00. The van der Waals surface area contributed by atoms with Gasteiger partial charge in [-0.1, -0.05) is 42.4 Å². The summed E-state index contributed by atoms with van der Waals surface area (Å²) < 4.78 is 5.36. The molecule has 1 aliphatic heterocycles. The Bertz CT molecular complexity index is 501. The van der Waals surface area contributed by atoms with E-state index in [1.807, 2.05) is 30.3 Å². The maximum Gasteiger partial charge on any atom is 0.324 e. The molecular formula is C14H17N3O. The van der Waals surface area contributed by atoms with Gasteiger partial charge in [-0.2, -0.15) is 4.98 Å². The number of hydrogen-bond donors (Lipinski definition) is 0.